The molecule has 0 spiro atoms. The van der Waals surface area contributed by atoms with Gasteiger partial charge in [-0.15, -0.1) is 13.2 Å². The number of halogens is 3. The van der Waals surface area contributed by atoms with Crippen molar-refractivity contribution < 1.29 is 42.1 Å². The van der Waals surface area contributed by atoms with Crippen molar-refractivity contribution in [3.05, 3.63) is 78.0 Å². The molecule has 0 aliphatic heterocycles. The second kappa shape index (κ2) is 9.88. The molecule has 4 aromatic rings. The van der Waals surface area contributed by atoms with E-state index in [2.05, 4.69) is 4.74 Å². The van der Waals surface area contributed by atoms with E-state index in [0.717, 1.165) is 6.07 Å². The largest absolute Gasteiger partial charge is 0.573 e. The van der Waals surface area contributed by atoms with Crippen molar-refractivity contribution in [2.45, 2.75) is 26.3 Å². The van der Waals surface area contributed by atoms with Crippen LogP contribution in [0, 0.1) is 6.92 Å². The van der Waals surface area contributed by atoms with Crippen LogP contribution < -0.4 is 14.2 Å². The molecule has 0 aliphatic carbocycles. The minimum Gasteiger partial charge on any atom is -0.497 e. The summed E-state index contributed by atoms with van der Waals surface area (Å²) >= 11 is 0. The maximum Gasteiger partial charge on any atom is 0.573 e. The minimum atomic E-state index is -4.90. The lowest BCUT2D eigenvalue weighted by Gasteiger charge is -2.12. The van der Waals surface area contributed by atoms with Gasteiger partial charge >= 0.3 is 12.3 Å². The zero-order chi connectivity index (χ0) is 26.9. The van der Waals surface area contributed by atoms with Gasteiger partial charge in [-0.2, -0.15) is 0 Å². The maximum atomic E-state index is 13.5. The maximum absolute atomic E-state index is 13.5. The zero-order valence-corrected chi connectivity index (χ0v) is 20.0. The summed E-state index contributed by atoms with van der Waals surface area (Å²) in [6, 6.07) is 16.7. The second-order valence-corrected chi connectivity index (χ2v) is 8.18. The van der Waals surface area contributed by atoms with E-state index in [1.807, 2.05) is 0 Å². The average molecular weight is 513 g/mol. The number of fused-ring (bicyclic) bond motifs is 1. The number of carbonyl (C=O) groups is 2. The first-order valence-corrected chi connectivity index (χ1v) is 11.1. The molecule has 1 unspecified atom stereocenters. The number of benzene rings is 3. The fourth-order valence-corrected chi connectivity index (χ4v) is 4.06. The van der Waals surface area contributed by atoms with E-state index in [4.69, 9.17) is 14.6 Å². The Labute approximate surface area is 209 Å². The van der Waals surface area contributed by atoms with Gasteiger partial charge in [0, 0.05) is 22.2 Å². The smallest absolute Gasteiger partial charge is 0.497 e. The number of methoxy groups -OCH3 is 1. The average Bonchev–Trinajstić information content (AvgIpc) is 3.13. The van der Waals surface area contributed by atoms with Crippen LogP contribution in [0.2, 0.25) is 0 Å². The summed E-state index contributed by atoms with van der Waals surface area (Å²) in [6.07, 6.45) is -6.02. The highest BCUT2D eigenvalue weighted by Gasteiger charge is 2.32. The third-order valence-electron chi connectivity index (χ3n) is 5.73. The van der Waals surface area contributed by atoms with Crippen molar-refractivity contribution in [3.63, 3.8) is 0 Å². The van der Waals surface area contributed by atoms with E-state index >= 15 is 0 Å². The van der Waals surface area contributed by atoms with Gasteiger partial charge in [0.25, 0.3) is 5.91 Å². The predicted octanol–water partition coefficient (Wildman–Crippen LogP) is 6.06. The van der Waals surface area contributed by atoms with Crippen LogP contribution in [0.5, 0.6) is 17.2 Å². The first-order chi connectivity index (χ1) is 17.5. The van der Waals surface area contributed by atoms with Crippen molar-refractivity contribution in [1.29, 1.82) is 0 Å². The number of hydrogen-bond donors (Lipinski definition) is 1. The zero-order valence-electron chi connectivity index (χ0n) is 20.0. The van der Waals surface area contributed by atoms with Crippen LogP contribution in [0.25, 0.3) is 22.0 Å². The minimum absolute atomic E-state index is 0.247. The van der Waals surface area contributed by atoms with Gasteiger partial charge in [0.05, 0.1) is 12.6 Å². The van der Waals surface area contributed by atoms with Crippen molar-refractivity contribution in [1.82, 2.24) is 4.57 Å². The van der Waals surface area contributed by atoms with Crippen LogP contribution >= 0.6 is 0 Å². The number of hydrogen-bond acceptors (Lipinski definition) is 5. The van der Waals surface area contributed by atoms with Gasteiger partial charge in [-0.25, -0.2) is 4.79 Å². The summed E-state index contributed by atoms with van der Waals surface area (Å²) in [6.45, 7) is 3.05. The summed E-state index contributed by atoms with van der Waals surface area (Å²) < 4.78 is 55.0. The summed E-state index contributed by atoms with van der Waals surface area (Å²) in [5.74, 6) is -1.18. The number of nitrogens with zero attached hydrogens (tertiary/aromatic N) is 1. The molecule has 1 atom stereocenters. The number of aliphatic carboxylic acids is 1. The Kier molecular flexibility index (Phi) is 6.84. The number of ether oxygens (including phenoxy) is 3. The van der Waals surface area contributed by atoms with E-state index in [1.54, 1.807) is 55.5 Å². The Bertz CT molecular complexity index is 1470. The van der Waals surface area contributed by atoms with Crippen LogP contribution in [0.4, 0.5) is 13.2 Å². The summed E-state index contributed by atoms with van der Waals surface area (Å²) in [5, 5.41) is 9.50. The van der Waals surface area contributed by atoms with Gasteiger partial charge in [0.2, 0.25) is 0 Å². The van der Waals surface area contributed by atoms with Crippen molar-refractivity contribution in [2.75, 3.05) is 7.11 Å². The molecule has 1 heterocycles. The SMILES string of the molecule is COc1ccc(C(=O)n2c(C)c(-c3cccc(OC(C)C(=O)O)c3)c3cc(OC(F)(F)F)ccc32)cc1. The third-order valence-corrected chi connectivity index (χ3v) is 5.73. The molecule has 192 valence electrons. The Morgan fingerprint density at radius 2 is 1.62 bits per heavy atom. The molecule has 0 saturated heterocycles. The molecule has 3 aromatic carbocycles. The van der Waals surface area contributed by atoms with E-state index in [9.17, 15) is 22.8 Å². The standard InChI is InChI=1S/C27H22F3NO6/c1-15-24(18-5-4-6-20(13-18)36-16(2)26(33)34)22-14-21(37-27(28,29)30)11-12-23(22)31(15)25(32)17-7-9-19(35-3)10-8-17/h4-14,16H,1-3H3,(H,33,34). The van der Waals surface area contributed by atoms with E-state index < -0.39 is 30.1 Å². The number of alkyl halides is 3. The van der Waals surface area contributed by atoms with Gasteiger partial charge < -0.3 is 19.3 Å². The fourth-order valence-electron chi connectivity index (χ4n) is 4.06. The molecule has 0 aliphatic rings. The molecule has 0 radical (unpaired) electrons. The summed E-state index contributed by atoms with van der Waals surface area (Å²) in [5.41, 5.74) is 2.16. The molecule has 37 heavy (non-hydrogen) atoms. The van der Waals surface area contributed by atoms with Crippen molar-refractivity contribution in [2.24, 2.45) is 0 Å². The number of rotatable bonds is 7. The van der Waals surface area contributed by atoms with Crippen LogP contribution in [-0.2, 0) is 4.79 Å². The molecule has 4 rings (SSSR count). The Balaban J connectivity index is 1.90. The normalized spacial score (nSPS) is 12.3. The van der Waals surface area contributed by atoms with Crippen molar-refractivity contribution in [3.8, 4) is 28.4 Å². The molecule has 0 bridgehead atoms. The van der Waals surface area contributed by atoms with Crippen LogP contribution in [-0.4, -0.2) is 41.1 Å². The molecule has 0 fully saturated rings. The Hall–Kier alpha value is -4.47. The highest BCUT2D eigenvalue weighted by molar-refractivity contribution is 6.08. The summed E-state index contributed by atoms with van der Waals surface area (Å²) in [7, 11) is 1.50. The van der Waals surface area contributed by atoms with E-state index in [-0.39, 0.29) is 5.75 Å². The lowest BCUT2D eigenvalue weighted by molar-refractivity contribution is -0.274. The molecular weight excluding hydrogens is 491 g/mol. The first kappa shape index (κ1) is 25.6. The molecule has 0 amide bonds. The molecule has 10 heteroatoms. The van der Waals surface area contributed by atoms with Crippen LogP contribution in [0.3, 0.4) is 0 Å². The van der Waals surface area contributed by atoms with Gasteiger partial charge in [0.15, 0.2) is 6.10 Å². The van der Waals surface area contributed by atoms with Gasteiger partial charge in [-0.3, -0.25) is 9.36 Å². The number of carboxylic acids is 1. The molecule has 1 N–H and O–H groups in total. The Morgan fingerprint density at radius 1 is 0.946 bits per heavy atom. The Morgan fingerprint density at radius 3 is 2.24 bits per heavy atom. The number of carbonyl (C=O) groups excluding carboxylic acids is 1. The molecular formula is C27H22F3NO6. The quantitative estimate of drug-likeness (QED) is 0.323. The topological polar surface area (TPSA) is 87.0 Å². The molecule has 7 nitrogen and oxygen atoms in total. The lowest BCUT2D eigenvalue weighted by Crippen LogP contribution is -2.22. The fraction of sp³-hybridized carbons (Fsp3) is 0.185. The lowest BCUT2D eigenvalue weighted by atomic mass is 10.0. The third kappa shape index (κ3) is 5.37. The highest BCUT2D eigenvalue weighted by atomic mass is 19.4. The van der Waals surface area contributed by atoms with Gasteiger partial charge in [-0.1, -0.05) is 12.1 Å². The van der Waals surface area contributed by atoms with Crippen LogP contribution in [0.15, 0.2) is 66.7 Å². The highest BCUT2D eigenvalue weighted by Crippen LogP contribution is 2.39. The first-order valence-electron chi connectivity index (χ1n) is 11.1. The number of carboxylic acid groups (broad SMARTS) is 1. The van der Waals surface area contributed by atoms with E-state index in [1.165, 1.54) is 30.7 Å². The second-order valence-electron chi connectivity index (χ2n) is 8.18. The van der Waals surface area contributed by atoms with Crippen molar-refractivity contribution >= 4 is 22.8 Å². The summed E-state index contributed by atoms with van der Waals surface area (Å²) in [4.78, 5) is 24.8. The van der Waals surface area contributed by atoms with E-state index in [0.29, 0.717) is 39.0 Å². The number of aromatic nitrogens is 1. The predicted molar refractivity (Wildman–Crippen MR) is 129 cm³/mol. The molecule has 1 aromatic heterocycles. The van der Waals surface area contributed by atoms with Gasteiger partial charge in [-0.05, 0) is 74.0 Å². The van der Waals surface area contributed by atoms with Crippen LogP contribution in [0.1, 0.15) is 23.0 Å². The van der Waals surface area contributed by atoms with Gasteiger partial charge in [0.1, 0.15) is 17.2 Å². The monoisotopic (exact) mass is 513 g/mol. The molecule has 0 saturated carbocycles.